The van der Waals surface area contributed by atoms with E-state index in [2.05, 4.69) is 57.1 Å². The fraction of sp³-hybridized carbons (Fsp3) is 0.667. The number of hydrogen-bond donors (Lipinski definition) is 1. The van der Waals surface area contributed by atoms with Crippen molar-refractivity contribution >= 4 is 11.8 Å². The molecule has 1 aromatic heterocycles. The van der Waals surface area contributed by atoms with Crippen LogP contribution < -0.4 is 5.32 Å². The van der Waals surface area contributed by atoms with E-state index in [1.165, 1.54) is 18.4 Å². The first-order chi connectivity index (χ1) is 8.51. The van der Waals surface area contributed by atoms with Crippen molar-refractivity contribution in [3.63, 3.8) is 0 Å². The molecule has 1 aromatic rings. The third-order valence-corrected chi connectivity index (χ3v) is 3.87. The minimum absolute atomic E-state index is 0.582. The van der Waals surface area contributed by atoms with Gasteiger partial charge in [0.05, 0.1) is 5.03 Å². The highest BCUT2D eigenvalue weighted by atomic mass is 32.2. The van der Waals surface area contributed by atoms with Crippen molar-refractivity contribution in [3.05, 3.63) is 23.4 Å². The molecule has 0 spiro atoms. The number of aryl methyl sites for hydroxylation is 2. The molecule has 0 aliphatic rings. The van der Waals surface area contributed by atoms with E-state index in [0.717, 1.165) is 17.3 Å². The maximum Gasteiger partial charge on any atom is 0.0968 e. The van der Waals surface area contributed by atoms with Crippen molar-refractivity contribution in [1.82, 2.24) is 10.3 Å². The van der Waals surface area contributed by atoms with Gasteiger partial charge in [0.25, 0.3) is 0 Å². The molecule has 1 rings (SSSR count). The lowest BCUT2D eigenvalue weighted by Gasteiger charge is -2.18. The first kappa shape index (κ1) is 15.5. The SMILES string of the molecule is CCCNC(C)CC(C)Sc1cc(C)cc(C)n1. The van der Waals surface area contributed by atoms with E-state index in [9.17, 15) is 0 Å². The van der Waals surface area contributed by atoms with Crippen LogP contribution >= 0.6 is 11.8 Å². The number of thioether (sulfide) groups is 1. The molecule has 0 bridgehead atoms. The molecule has 0 saturated carbocycles. The number of nitrogens with one attached hydrogen (secondary N) is 1. The van der Waals surface area contributed by atoms with Crippen molar-refractivity contribution in [3.8, 4) is 0 Å². The molecule has 1 N–H and O–H groups in total. The van der Waals surface area contributed by atoms with Gasteiger partial charge >= 0.3 is 0 Å². The van der Waals surface area contributed by atoms with E-state index in [4.69, 9.17) is 0 Å². The summed E-state index contributed by atoms with van der Waals surface area (Å²) in [6.07, 6.45) is 2.38. The van der Waals surface area contributed by atoms with E-state index in [-0.39, 0.29) is 0 Å². The maximum absolute atomic E-state index is 4.59. The number of aromatic nitrogens is 1. The van der Waals surface area contributed by atoms with Crippen LogP contribution in [0.25, 0.3) is 0 Å². The monoisotopic (exact) mass is 266 g/mol. The molecule has 0 aliphatic carbocycles. The number of rotatable bonds is 7. The van der Waals surface area contributed by atoms with Gasteiger partial charge in [0.2, 0.25) is 0 Å². The Hall–Kier alpha value is -0.540. The van der Waals surface area contributed by atoms with Gasteiger partial charge in [-0.1, -0.05) is 13.8 Å². The molecule has 102 valence electrons. The summed E-state index contributed by atoms with van der Waals surface area (Å²) in [7, 11) is 0. The third kappa shape index (κ3) is 5.87. The zero-order valence-electron chi connectivity index (χ0n) is 12.3. The van der Waals surface area contributed by atoms with Gasteiger partial charge in [-0.25, -0.2) is 4.98 Å². The average molecular weight is 266 g/mol. The standard InChI is InChI=1S/C15H26N2S/c1-6-7-16-12(3)10-14(5)18-15-9-11(2)8-13(4)17-15/h8-9,12,14,16H,6-7,10H2,1-5H3. The molecule has 3 heteroatoms. The van der Waals surface area contributed by atoms with Gasteiger partial charge < -0.3 is 5.32 Å². The molecular weight excluding hydrogens is 240 g/mol. The number of hydrogen-bond acceptors (Lipinski definition) is 3. The van der Waals surface area contributed by atoms with Gasteiger partial charge in [0.1, 0.15) is 0 Å². The van der Waals surface area contributed by atoms with Crippen molar-refractivity contribution in [2.24, 2.45) is 0 Å². The van der Waals surface area contributed by atoms with Gasteiger partial charge in [-0.05, 0) is 57.9 Å². The molecule has 2 unspecified atom stereocenters. The molecule has 1 heterocycles. The Morgan fingerprint density at radius 3 is 2.61 bits per heavy atom. The Labute approximate surface area is 116 Å². The minimum atomic E-state index is 0.582. The highest BCUT2D eigenvalue weighted by Crippen LogP contribution is 2.25. The summed E-state index contributed by atoms with van der Waals surface area (Å²) in [5.74, 6) is 0. The first-order valence-electron chi connectivity index (χ1n) is 6.86. The Morgan fingerprint density at radius 1 is 1.28 bits per heavy atom. The quantitative estimate of drug-likeness (QED) is 0.756. The topological polar surface area (TPSA) is 24.9 Å². The van der Waals surface area contributed by atoms with Crippen LogP contribution in [0.15, 0.2) is 17.2 Å². The summed E-state index contributed by atoms with van der Waals surface area (Å²) in [5, 5.41) is 5.29. The maximum atomic E-state index is 4.59. The molecule has 0 amide bonds. The van der Waals surface area contributed by atoms with E-state index in [1.807, 2.05) is 11.8 Å². The van der Waals surface area contributed by atoms with Gasteiger partial charge in [0.15, 0.2) is 0 Å². The second kappa shape index (κ2) is 7.80. The Morgan fingerprint density at radius 2 is 2.00 bits per heavy atom. The predicted molar refractivity (Wildman–Crippen MR) is 81.4 cm³/mol. The fourth-order valence-electron chi connectivity index (χ4n) is 2.09. The van der Waals surface area contributed by atoms with Crippen LogP contribution in [-0.4, -0.2) is 22.8 Å². The summed E-state index contributed by atoms with van der Waals surface area (Å²) >= 11 is 1.88. The third-order valence-electron chi connectivity index (χ3n) is 2.82. The normalized spacial score (nSPS) is 14.5. The molecule has 0 fully saturated rings. The Balaban J connectivity index is 2.46. The van der Waals surface area contributed by atoms with Crippen molar-refractivity contribution < 1.29 is 0 Å². The summed E-state index contributed by atoms with van der Waals surface area (Å²) < 4.78 is 0. The number of nitrogens with zero attached hydrogens (tertiary/aromatic N) is 1. The molecule has 0 radical (unpaired) electrons. The summed E-state index contributed by atoms with van der Waals surface area (Å²) in [4.78, 5) is 4.59. The fourth-order valence-corrected chi connectivity index (χ4v) is 3.34. The van der Waals surface area contributed by atoms with E-state index in [0.29, 0.717) is 11.3 Å². The van der Waals surface area contributed by atoms with Crippen LogP contribution in [0.2, 0.25) is 0 Å². The van der Waals surface area contributed by atoms with Crippen LogP contribution in [0.4, 0.5) is 0 Å². The van der Waals surface area contributed by atoms with Crippen LogP contribution in [0.3, 0.4) is 0 Å². The largest absolute Gasteiger partial charge is 0.314 e. The predicted octanol–water partition coefficient (Wildman–Crippen LogP) is 3.96. The second-order valence-electron chi connectivity index (χ2n) is 5.14. The summed E-state index contributed by atoms with van der Waals surface area (Å²) in [6, 6.07) is 4.89. The van der Waals surface area contributed by atoms with Crippen LogP contribution in [0.1, 0.15) is 44.9 Å². The second-order valence-corrected chi connectivity index (χ2v) is 6.60. The molecule has 0 aliphatic heterocycles. The highest BCUT2D eigenvalue weighted by molar-refractivity contribution is 7.99. The van der Waals surface area contributed by atoms with Gasteiger partial charge in [-0.15, -0.1) is 11.8 Å². The zero-order valence-corrected chi connectivity index (χ0v) is 13.1. The van der Waals surface area contributed by atoms with Gasteiger partial charge in [-0.3, -0.25) is 0 Å². The molecule has 18 heavy (non-hydrogen) atoms. The molecule has 0 aromatic carbocycles. The van der Waals surface area contributed by atoms with Crippen LogP contribution in [0.5, 0.6) is 0 Å². The van der Waals surface area contributed by atoms with Crippen LogP contribution in [-0.2, 0) is 0 Å². The lowest BCUT2D eigenvalue weighted by Crippen LogP contribution is -2.29. The Kier molecular flexibility index (Phi) is 6.72. The Bertz CT molecular complexity index is 345. The van der Waals surface area contributed by atoms with E-state index < -0.39 is 0 Å². The van der Waals surface area contributed by atoms with Crippen molar-refractivity contribution in [2.75, 3.05) is 6.54 Å². The lowest BCUT2D eigenvalue weighted by atomic mass is 10.2. The number of pyridine rings is 1. The zero-order chi connectivity index (χ0) is 13.5. The summed E-state index contributed by atoms with van der Waals surface area (Å²) in [5.41, 5.74) is 2.41. The average Bonchev–Trinajstić information content (AvgIpc) is 2.24. The minimum Gasteiger partial charge on any atom is -0.314 e. The first-order valence-corrected chi connectivity index (χ1v) is 7.74. The molecular formula is C15H26N2S. The van der Waals surface area contributed by atoms with Crippen molar-refractivity contribution in [1.29, 1.82) is 0 Å². The van der Waals surface area contributed by atoms with Crippen LogP contribution in [0, 0.1) is 13.8 Å². The molecule has 2 atom stereocenters. The molecule has 0 saturated heterocycles. The smallest absolute Gasteiger partial charge is 0.0968 e. The van der Waals surface area contributed by atoms with Gasteiger partial charge in [-0.2, -0.15) is 0 Å². The summed E-state index contributed by atoms with van der Waals surface area (Å²) in [6.45, 7) is 12.1. The van der Waals surface area contributed by atoms with E-state index >= 15 is 0 Å². The highest BCUT2D eigenvalue weighted by Gasteiger charge is 2.10. The van der Waals surface area contributed by atoms with Gasteiger partial charge in [0, 0.05) is 17.0 Å². The molecule has 2 nitrogen and oxygen atoms in total. The van der Waals surface area contributed by atoms with Crippen molar-refractivity contribution in [2.45, 2.75) is 63.8 Å². The lowest BCUT2D eigenvalue weighted by molar-refractivity contribution is 0.513. The van der Waals surface area contributed by atoms with E-state index in [1.54, 1.807) is 0 Å².